The maximum atomic E-state index is 12.6. The summed E-state index contributed by atoms with van der Waals surface area (Å²) in [6.07, 6.45) is -1.05. The van der Waals surface area contributed by atoms with E-state index in [-0.39, 0.29) is 21.8 Å². The first-order chi connectivity index (χ1) is 10.4. The van der Waals surface area contributed by atoms with Crippen LogP contribution in [0.25, 0.3) is 0 Å². The quantitative estimate of drug-likeness (QED) is 0.812. The van der Waals surface area contributed by atoms with Crippen LogP contribution in [0.2, 0.25) is 0 Å². The lowest BCUT2D eigenvalue weighted by atomic mass is 9.97. The zero-order chi connectivity index (χ0) is 15.9. The van der Waals surface area contributed by atoms with Crippen LogP contribution >= 0.6 is 0 Å². The molecule has 1 atom stereocenters. The molecule has 1 N–H and O–H groups in total. The highest BCUT2D eigenvalue weighted by Crippen LogP contribution is 2.36. The first-order valence-corrected chi connectivity index (χ1v) is 8.30. The molecule has 1 aliphatic heterocycles. The Bertz CT molecular complexity index is 855. The second kappa shape index (κ2) is 5.23. The second-order valence-electron chi connectivity index (χ2n) is 5.10. The van der Waals surface area contributed by atoms with Crippen LogP contribution in [0.4, 0.5) is 0 Å². The highest BCUT2D eigenvalue weighted by Gasteiger charge is 2.31. The Morgan fingerprint density at radius 1 is 1.18 bits per heavy atom. The Labute approximate surface area is 128 Å². The fourth-order valence-electron chi connectivity index (χ4n) is 2.66. The van der Waals surface area contributed by atoms with Gasteiger partial charge in [-0.1, -0.05) is 30.3 Å². The molecule has 1 unspecified atom stereocenters. The van der Waals surface area contributed by atoms with Crippen LogP contribution in [0.3, 0.4) is 0 Å². The smallest absolute Gasteiger partial charge is 0.337 e. The van der Waals surface area contributed by atoms with E-state index >= 15 is 0 Å². The first-order valence-electron chi connectivity index (χ1n) is 6.65. The zero-order valence-electron chi connectivity index (χ0n) is 11.8. The lowest BCUT2D eigenvalue weighted by molar-refractivity contribution is 0.0600. The summed E-state index contributed by atoms with van der Waals surface area (Å²) in [5, 5.41) is 10.5. The number of hydrogen-bond donors (Lipinski definition) is 1. The van der Waals surface area contributed by atoms with Crippen molar-refractivity contribution in [3.63, 3.8) is 0 Å². The lowest BCUT2D eigenvalue weighted by Gasteiger charge is -2.14. The fourth-order valence-corrected chi connectivity index (χ4v) is 4.33. The SMILES string of the molecule is COC(=O)c1ccc2c(c1)S(=O)(=O)Cc1ccccc1C2O. The van der Waals surface area contributed by atoms with Gasteiger partial charge in [0.25, 0.3) is 0 Å². The van der Waals surface area contributed by atoms with Crippen LogP contribution in [0, 0.1) is 0 Å². The van der Waals surface area contributed by atoms with Crippen LogP contribution in [0.5, 0.6) is 0 Å². The van der Waals surface area contributed by atoms with Crippen molar-refractivity contribution in [2.45, 2.75) is 16.8 Å². The van der Waals surface area contributed by atoms with E-state index < -0.39 is 21.9 Å². The maximum absolute atomic E-state index is 12.6. The summed E-state index contributed by atoms with van der Waals surface area (Å²) in [5.41, 5.74) is 1.54. The van der Waals surface area contributed by atoms with Gasteiger partial charge < -0.3 is 9.84 Å². The Morgan fingerprint density at radius 2 is 1.91 bits per heavy atom. The van der Waals surface area contributed by atoms with Crippen LogP contribution < -0.4 is 0 Å². The molecule has 0 aromatic heterocycles. The molecular formula is C16H14O5S. The summed E-state index contributed by atoms with van der Waals surface area (Å²) >= 11 is 0. The van der Waals surface area contributed by atoms with Crippen molar-refractivity contribution in [3.05, 3.63) is 64.7 Å². The number of carbonyl (C=O) groups excluding carboxylic acids is 1. The number of carbonyl (C=O) groups is 1. The van der Waals surface area contributed by atoms with Crippen molar-refractivity contribution in [3.8, 4) is 0 Å². The Morgan fingerprint density at radius 3 is 2.64 bits per heavy atom. The molecule has 0 fully saturated rings. The van der Waals surface area contributed by atoms with Gasteiger partial charge in [-0.25, -0.2) is 13.2 Å². The number of esters is 1. The summed E-state index contributed by atoms with van der Waals surface area (Å²) in [4.78, 5) is 11.6. The number of benzene rings is 2. The van der Waals surface area contributed by atoms with E-state index in [4.69, 9.17) is 0 Å². The molecular weight excluding hydrogens is 304 g/mol. The summed E-state index contributed by atoms with van der Waals surface area (Å²) in [5.74, 6) is -0.827. The van der Waals surface area contributed by atoms with E-state index in [2.05, 4.69) is 4.74 Å². The molecule has 0 amide bonds. The lowest BCUT2D eigenvalue weighted by Crippen LogP contribution is -2.09. The molecule has 0 spiro atoms. The van der Waals surface area contributed by atoms with Crippen molar-refractivity contribution in [2.24, 2.45) is 0 Å². The molecule has 2 aromatic rings. The second-order valence-corrected chi connectivity index (χ2v) is 7.06. The van der Waals surface area contributed by atoms with E-state index in [1.54, 1.807) is 24.3 Å². The van der Waals surface area contributed by atoms with Gasteiger partial charge in [0.1, 0.15) is 6.10 Å². The minimum Gasteiger partial charge on any atom is -0.465 e. The zero-order valence-corrected chi connectivity index (χ0v) is 12.6. The van der Waals surface area contributed by atoms with Crippen molar-refractivity contribution in [1.29, 1.82) is 0 Å². The summed E-state index contributed by atoms with van der Waals surface area (Å²) in [6.45, 7) is 0. The molecule has 1 aliphatic rings. The first kappa shape index (κ1) is 14.7. The van der Waals surface area contributed by atoms with Gasteiger partial charge in [-0.15, -0.1) is 0 Å². The van der Waals surface area contributed by atoms with Gasteiger partial charge >= 0.3 is 5.97 Å². The number of ether oxygens (including phenoxy) is 1. The van der Waals surface area contributed by atoms with Gasteiger partial charge in [0.15, 0.2) is 9.84 Å². The van der Waals surface area contributed by atoms with Gasteiger partial charge in [0.05, 0.1) is 23.3 Å². The molecule has 2 aromatic carbocycles. The minimum atomic E-state index is -3.66. The Balaban J connectivity index is 2.26. The van der Waals surface area contributed by atoms with Crippen LogP contribution in [0.1, 0.15) is 33.2 Å². The standard InChI is InChI=1S/C16H14O5S/c1-21-16(18)10-6-7-13-14(8-10)22(19,20)9-11-4-2-3-5-12(11)15(13)17/h2-8,15,17H,9H2,1H3. The normalized spacial score (nSPS) is 18.7. The van der Waals surface area contributed by atoms with Crippen molar-refractivity contribution in [1.82, 2.24) is 0 Å². The third-order valence-electron chi connectivity index (χ3n) is 3.76. The molecule has 0 radical (unpaired) electrons. The average Bonchev–Trinajstić information content (AvgIpc) is 2.60. The van der Waals surface area contributed by atoms with E-state index in [9.17, 15) is 18.3 Å². The topological polar surface area (TPSA) is 80.7 Å². The highest BCUT2D eigenvalue weighted by atomic mass is 32.2. The summed E-state index contributed by atoms with van der Waals surface area (Å²) in [6, 6.07) is 11.1. The van der Waals surface area contributed by atoms with Crippen LogP contribution in [-0.2, 0) is 20.3 Å². The molecule has 5 nitrogen and oxygen atoms in total. The van der Waals surface area contributed by atoms with Crippen molar-refractivity contribution < 1.29 is 23.1 Å². The van der Waals surface area contributed by atoms with Crippen LogP contribution in [0.15, 0.2) is 47.4 Å². The number of aliphatic hydroxyl groups is 1. The molecule has 1 heterocycles. The monoisotopic (exact) mass is 318 g/mol. The number of methoxy groups -OCH3 is 1. The molecule has 22 heavy (non-hydrogen) atoms. The molecule has 0 saturated heterocycles. The Hall–Kier alpha value is -2.18. The van der Waals surface area contributed by atoms with Gasteiger partial charge in [-0.3, -0.25) is 0 Å². The maximum Gasteiger partial charge on any atom is 0.337 e. The van der Waals surface area contributed by atoms with Crippen molar-refractivity contribution in [2.75, 3.05) is 7.11 Å². The molecule has 114 valence electrons. The molecule has 6 heteroatoms. The van der Waals surface area contributed by atoms with Crippen molar-refractivity contribution >= 4 is 15.8 Å². The largest absolute Gasteiger partial charge is 0.465 e. The summed E-state index contributed by atoms with van der Waals surface area (Å²) < 4.78 is 29.8. The van der Waals surface area contributed by atoms with Gasteiger partial charge in [-0.2, -0.15) is 0 Å². The molecule has 0 aliphatic carbocycles. The average molecular weight is 318 g/mol. The third-order valence-corrected chi connectivity index (χ3v) is 5.47. The molecule has 0 saturated carbocycles. The summed E-state index contributed by atoms with van der Waals surface area (Å²) in [7, 11) is -2.43. The van der Waals surface area contributed by atoms with Crippen LogP contribution in [-0.4, -0.2) is 26.6 Å². The number of fused-ring (bicyclic) bond motifs is 2. The predicted octanol–water partition coefficient (Wildman–Crippen LogP) is 1.84. The van der Waals surface area contributed by atoms with E-state index in [1.165, 1.54) is 25.3 Å². The van der Waals surface area contributed by atoms with E-state index in [0.29, 0.717) is 11.1 Å². The third kappa shape index (κ3) is 2.30. The van der Waals surface area contributed by atoms with E-state index in [1.807, 2.05) is 0 Å². The highest BCUT2D eigenvalue weighted by molar-refractivity contribution is 7.90. The number of sulfone groups is 1. The van der Waals surface area contributed by atoms with Gasteiger partial charge in [0.2, 0.25) is 0 Å². The fraction of sp³-hybridized carbons (Fsp3) is 0.188. The molecule has 0 bridgehead atoms. The number of rotatable bonds is 1. The van der Waals surface area contributed by atoms with Gasteiger partial charge in [0, 0.05) is 5.56 Å². The van der Waals surface area contributed by atoms with Gasteiger partial charge in [-0.05, 0) is 23.3 Å². The van der Waals surface area contributed by atoms with E-state index in [0.717, 1.165) is 0 Å². The minimum absolute atomic E-state index is 0.0286. The predicted molar refractivity (Wildman–Crippen MR) is 79.2 cm³/mol. The Kier molecular flexibility index (Phi) is 3.50. The number of hydrogen-bond acceptors (Lipinski definition) is 5. The number of aliphatic hydroxyl groups excluding tert-OH is 1. The molecule has 3 rings (SSSR count).